The highest BCUT2D eigenvalue weighted by Gasteiger charge is 2.03. The summed E-state index contributed by atoms with van der Waals surface area (Å²) in [5.74, 6) is -0.0481. The molecule has 16 heavy (non-hydrogen) atoms. The minimum Gasteiger partial charge on any atom is -0.326 e. The molecule has 0 atom stereocenters. The fourth-order valence-electron chi connectivity index (χ4n) is 1.29. The van der Waals surface area contributed by atoms with Crippen molar-refractivity contribution >= 4 is 23.2 Å². The van der Waals surface area contributed by atoms with Crippen molar-refractivity contribution in [3.63, 3.8) is 0 Å². The van der Waals surface area contributed by atoms with Crippen LogP contribution in [0.4, 0.5) is 5.69 Å². The Morgan fingerprint density at radius 2 is 2.25 bits per heavy atom. The first kappa shape index (κ1) is 12.5. The number of rotatable bonds is 4. The lowest BCUT2D eigenvalue weighted by Crippen LogP contribution is -2.10. The van der Waals surface area contributed by atoms with E-state index < -0.39 is 0 Å². The van der Waals surface area contributed by atoms with Crippen LogP contribution in [0, 0.1) is 11.3 Å². The van der Waals surface area contributed by atoms with Gasteiger partial charge in [-0.2, -0.15) is 5.26 Å². The quantitative estimate of drug-likeness (QED) is 0.872. The highest BCUT2D eigenvalue weighted by Crippen LogP contribution is 2.18. The van der Waals surface area contributed by atoms with E-state index in [1.807, 2.05) is 13.0 Å². The summed E-state index contributed by atoms with van der Waals surface area (Å²) in [6.45, 7) is 2.03. The molecule has 1 N–H and O–H groups in total. The molecule has 0 spiro atoms. The lowest BCUT2D eigenvalue weighted by atomic mass is 10.2. The van der Waals surface area contributed by atoms with Crippen molar-refractivity contribution in [3.05, 3.63) is 28.8 Å². The van der Waals surface area contributed by atoms with E-state index in [1.165, 1.54) is 0 Å². The summed E-state index contributed by atoms with van der Waals surface area (Å²) in [5.41, 5.74) is 1.02. The Morgan fingerprint density at radius 1 is 1.50 bits per heavy atom. The monoisotopic (exact) mass is 236 g/mol. The Morgan fingerprint density at radius 3 is 2.88 bits per heavy atom. The second-order valence-electron chi connectivity index (χ2n) is 3.49. The predicted molar refractivity (Wildman–Crippen MR) is 64.3 cm³/mol. The molecule has 84 valence electrons. The van der Waals surface area contributed by atoms with Crippen LogP contribution in [0.5, 0.6) is 0 Å². The van der Waals surface area contributed by atoms with Crippen molar-refractivity contribution in [2.24, 2.45) is 0 Å². The van der Waals surface area contributed by atoms with Crippen LogP contribution in [0.15, 0.2) is 18.2 Å². The maximum absolute atomic E-state index is 11.4. The van der Waals surface area contributed by atoms with Crippen molar-refractivity contribution in [2.45, 2.75) is 26.2 Å². The van der Waals surface area contributed by atoms with Crippen LogP contribution in [0.1, 0.15) is 31.7 Å². The number of nitriles is 1. The van der Waals surface area contributed by atoms with Gasteiger partial charge in [0.1, 0.15) is 0 Å². The maximum Gasteiger partial charge on any atom is 0.224 e. The number of hydrogen-bond donors (Lipinski definition) is 1. The highest BCUT2D eigenvalue weighted by atomic mass is 35.5. The van der Waals surface area contributed by atoms with Gasteiger partial charge in [0.2, 0.25) is 5.91 Å². The number of hydrogen-bond acceptors (Lipinski definition) is 2. The summed E-state index contributed by atoms with van der Waals surface area (Å²) in [5, 5.41) is 11.9. The summed E-state index contributed by atoms with van der Waals surface area (Å²) in [6.07, 6.45) is 2.33. The molecule has 1 amide bonds. The molecule has 1 aromatic rings. The molecular formula is C12H13ClN2O. The first-order chi connectivity index (χ1) is 7.65. The van der Waals surface area contributed by atoms with Gasteiger partial charge in [0.05, 0.1) is 11.6 Å². The van der Waals surface area contributed by atoms with E-state index >= 15 is 0 Å². The summed E-state index contributed by atoms with van der Waals surface area (Å²) in [6, 6.07) is 6.79. The van der Waals surface area contributed by atoms with Gasteiger partial charge in [0.25, 0.3) is 0 Å². The SMILES string of the molecule is CCCCC(=O)Nc1cc(Cl)cc(C#N)c1. The molecule has 0 fully saturated rings. The van der Waals surface area contributed by atoms with Crippen LogP contribution in [0.2, 0.25) is 5.02 Å². The van der Waals surface area contributed by atoms with Crippen LogP contribution >= 0.6 is 11.6 Å². The van der Waals surface area contributed by atoms with Gasteiger partial charge in [-0.3, -0.25) is 4.79 Å². The molecular weight excluding hydrogens is 224 g/mol. The lowest BCUT2D eigenvalue weighted by Gasteiger charge is -2.05. The molecule has 0 bridgehead atoms. The Balaban J connectivity index is 2.70. The van der Waals surface area contributed by atoms with Gasteiger partial charge in [-0.15, -0.1) is 0 Å². The normalized spacial score (nSPS) is 9.56. The molecule has 0 radical (unpaired) electrons. The zero-order valence-corrected chi connectivity index (χ0v) is 9.84. The summed E-state index contributed by atoms with van der Waals surface area (Å²) in [4.78, 5) is 11.4. The van der Waals surface area contributed by atoms with Gasteiger partial charge in [-0.1, -0.05) is 24.9 Å². The zero-order chi connectivity index (χ0) is 12.0. The molecule has 0 aromatic heterocycles. The van der Waals surface area contributed by atoms with Crippen molar-refractivity contribution in [1.82, 2.24) is 0 Å². The average Bonchev–Trinajstić information content (AvgIpc) is 2.25. The molecule has 0 aliphatic heterocycles. The molecule has 3 nitrogen and oxygen atoms in total. The van der Waals surface area contributed by atoms with Gasteiger partial charge < -0.3 is 5.32 Å². The average molecular weight is 237 g/mol. The van der Waals surface area contributed by atoms with E-state index in [4.69, 9.17) is 16.9 Å². The summed E-state index contributed by atoms with van der Waals surface area (Å²) in [7, 11) is 0. The smallest absolute Gasteiger partial charge is 0.224 e. The topological polar surface area (TPSA) is 52.9 Å². The second-order valence-corrected chi connectivity index (χ2v) is 3.93. The minimum atomic E-state index is -0.0481. The molecule has 1 aromatic carbocycles. The van der Waals surface area contributed by atoms with Crippen LogP contribution in [-0.4, -0.2) is 5.91 Å². The number of carbonyl (C=O) groups excluding carboxylic acids is 1. The van der Waals surface area contributed by atoms with Crippen LogP contribution in [0.25, 0.3) is 0 Å². The fraction of sp³-hybridized carbons (Fsp3) is 0.333. The Bertz CT molecular complexity index is 424. The van der Waals surface area contributed by atoms with E-state index in [0.29, 0.717) is 22.7 Å². The standard InChI is InChI=1S/C12H13ClN2O/c1-2-3-4-12(16)15-11-6-9(8-14)5-10(13)7-11/h5-7H,2-4H2,1H3,(H,15,16). The highest BCUT2D eigenvalue weighted by molar-refractivity contribution is 6.31. The molecule has 0 aliphatic carbocycles. The third-order valence-corrected chi connectivity index (χ3v) is 2.29. The van der Waals surface area contributed by atoms with Gasteiger partial charge in [0.15, 0.2) is 0 Å². The van der Waals surface area contributed by atoms with Crippen LogP contribution < -0.4 is 5.32 Å². The molecule has 0 saturated heterocycles. The second kappa shape index (κ2) is 6.14. The minimum absolute atomic E-state index is 0.0481. The predicted octanol–water partition coefficient (Wildman–Crippen LogP) is 3.34. The van der Waals surface area contributed by atoms with Crippen molar-refractivity contribution in [2.75, 3.05) is 5.32 Å². The van der Waals surface area contributed by atoms with Gasteiger partial charge in [-0.05, 0) is 24.6 Å². The number of unbranched alkanes of at least 4 members (excludes halogenated alkanes) is 1. The maximum atomic E-state index is 11.4. The Hall–Kier alpha value is -1.53. The van der Waals surface area contributed by atoms with Gasteiger partial charge in [-0.25, -0.2) is 0 Å². The van der Waals surface area contributed by atoms with E-state index in [1.54, 1.807) is 18.2 Å². The van der Waals surface area contributed by atoms with E-state index in [9.17, 15) is 4.79 Å². The molecule has 0 heterocycles. The van der Waals surface area contributed by atoms with E-state index in [-0.39, 0.29) is 5.91 Å². The number of halogens is 1. The number of amides is 1. The van der Waals surface area contributed by atoms with Crippen molar-refractivity contribution in [3.8, 4) is 6.07 Å². The Kier molecular flexibility index (Phi) is 4.81. The van der Waals surface area contributed by atoms with E-state index in [2.05, 4.69) is 5.32 Å². The number of nitrogens with zero attached hydrogens (tertiary/aromatic N) is 1. The van der Waals surface area contributed by atoms with Crippen molar-refractivity contribution in [1.29, 1.82) is 5.26 Å². The zero-order valence-electron chi connectivity index (χ0n) is 9.09. The number of carbonyl (C=O) groups is 1. The van der Waals surface area contributed by atoms with Crippen LogP contribution in [-0.2, 0) is 4.79 Å². The van der Waals surface area contributed by atoms with Gasteiger partial charge in [0, 0.05) is 17.1 Å². The Labute approximate surface area is 100 Å². The first-order valence-corrected chi connectivity index (χ1v) is 5.54. The first-order valence-electron chi connectivity index (χ1n) is 5.16. The summed E-state index contributed by atoms with van der Waals surface area (Å²) < 4.78 is 0. The van der Waals surface area contributed by atoms with Crippen LogP contribution in [0.3, 0.4) is 0 Å². The molecule has 4 heteroatoms. The fourth-order valence-corrected chi connectivity index (χ4v) is 1.52. The summed E-state index contributed by atoms with van der Waals surface area (Å²) >= 11 is 5.81. The molecule has 0 aliphatic rings. The number of anilines is 1. The molecule has 0 saturated carbocycles. The number of nitrogens with one attached hydrogen (secondary N) is 1. The van der Waals surface area contributed by atoms with Gasteiger partial charge >= 0.3 is 0 Å². The third-order valence-electron chi connectivity index (χ3n) is 2.07. The lowest BCUT2D eigenvalue weighted by molar-refractivity contribution is -0.116. The molecule has 0 unspecified atom stereocenters. The van der Waals surface area contributed by atoms with Crippen molar-refractivity contribution < 1.29 is 4.79 Å². The number of benzene rings is 1. The largest absolute Gasteiger partial charge is 0.326 e. The third kappa shape index (κ3) is 3.92. The van der Waals surface area contributed by atoms with E-state index in [0.717, 1.165) is 12.8 Å². The molecule has 1 rings (SSSR count).